The van der Waals surface area contributed by atoms with Crippen LogP contribution in [0.2, 0.25) is 0 Å². The summed E-state index contributed by atoms with van der Waals surface area (Å²) in [7, 11) is 4.24. The molecule has 3 atom stereocenters. The molecule has 3 heteroatoms. The largest absolute Gasteiger partial charge is 0.377 e. The lowest BCUT2D eigenvalue weighted by Crippen LogP contribution is -2.41. The number of nitrogens with zero attached hydrogens (tertiary/aromatic N) is 1. The van der Waals surface area contributed by atoms with Crippen LogP contribution >= 0.6 is 0 Å². The van der Waals surface area contributed by atoms with Gasteiger partial charge in [0.25, 0.3) is 0 Å². The molecule has 0 amide bonds. The van der Waals surface area contributed by atoms with Gasteiger partial charge < -0.3 is 15.0 Å². The van der Waals surface area contributed by atoms with Gasteiger partial charge in [-0.2, -0.15) is 0 Å². The predicted octanol–water partition coefficient (Wildman–Crippen LogP) is 1.87. The van der Waals surface area contributed by atoms with Crippen LogP contribution in [0.3, 0.4) is 0 Å². The van der Waals surface area contributed by atoms with E-state index in [1.54, 1.807) is 0 Å². The molecular formula is C13H28N2O. The van der Waals surface area contributed by atoms with E-state index in [1.165, 1.54) is 25.7 Å². The third kappa shape index (κ3) is 4.81. The number of ether oxygens (including phenoxy) is 1. The number of likely N-dealkylation sites (N-methyl/N-ethyl adjacent to an activating group) is 1. The second-order valence-electron chi connectivity index (χ2n) is 5.20. The minimum Gasteiger partial charge on any atom is -0.377 e. The van der Waals surface area contributed by atoms with Crippen molar-refractivity contribution in [2.24, 2.45) is 0 Å². The van der Waals surface area contributed by atoms with Crippen LogP contribution in [0.5, 0.6) is 0 Å². The molecule has 1 heterocycles. The van der Waals surface area contributed by atoms with Gasteiger partial charge in [0.15, 0.2) is 0 Å². The quantitative estimate of drug-likeness (QED) is 0.751. The molecule has 0 spiro atoms. The molecule has 0 radical (unpaired) electrons. The molecule has 1 aliphatic heterocycles. The first-order valence-corrected chi connectivity index (χ1v) is 6.62. The maximum absolute atomic E-state index is 5.77. The van der Waals surface area contributed by atoms with Crippen LogP contribution in [0.1, 0.15) is 39.5 Å². The standard InChI is InChI=1S/C13H28N2O/c1-11(14-3)9-12(2)15(4)10-13-7-5-6-8-16-13/h11-14H,5-10H2,1-4H3. The number of rotatable bonds is 6. The molecule has 3 unspecified atom stereocenters. The van der Waals surface area contributed by atoms with Gasteiger partial charge in [0.1, 0.15) is 0 Å². The third-order valence-electron chi connectivity index (χ3n) is 3.71. The average molecular weight is 228 g/mol. The second-order valence-corrected chi connectivity index (χ2v) is 5.20. The summed E-state index contributed by atoms with van der Waals surface area (Å²) in [6, 6.07) is 1.21. The number of nitrogens with one attached hydrogen (secondary N) is 1. The van der Waals surface area contributed by atoms with Crippen LogP contribution in [-0.2, 0) is 4.74 Å². The molecule has 1 rings (SSSR count). The minimum absolute atomic E-state index is 0.464. The zero-order chi connectivity index (χ0) is 12.0. The lowest BCUT2D eigenvalue weighted by Gasteiger charge is -2.32. The van der Waals surface area contributed by atoms with Gasteiger partial charge in [0.05, 0.1) is 6.10 Å². The molecule has 1 aliphatic rings. The van der Waals surface area contributed by atoms with E-state index in [0.29, 0.717) is 18.2 Å². The number of hydrogen-bond acceptors (Lipinski definition) is 3. The van der Waals surface area contributed by atoms with E-state index in [1.807, 2.05) is 7.05 Å². The van der Waals surface area contributed by atoms with Crippen LogP contribution in [0, 0.1) is 0 Å². The maximum atomic E-state index is 5.77. The van der Waals surface area contributed by atoms with Crippen LogP contribution in [-0.4, -0.2) is 50.3 Å². The predicted molar refractivity (Wildman–Crippen MR) is 68.8 cm³/mol. The van der Waals surface area contributed by atoms with Crippen LogP contribution < -0.4 is 5.32 Å². The first kappa shape index (κ1) is 13.9. The minimum atomic E-state index is 0.464. The van der Waals surface area contributed by atoms with Gasteiger partial charge in [0.2, 0.25) is 0 Å². The topological polar surface area (TPSA) is 24.5 Å². The lowest BCUT2D eigenvalue weighted by atomic mass is 10.1. The second kappa shape index (κ2) is 7.25. The highest BCUT2D eigenvalue weighted by molar-refractivity contribution is 4.74. The third-order valence-corrected chi connectivity index (χ3v) is 3.71. The van der Waals surface area contributed by atoms with E-state index < -0.39 is 0 Å². The molecule has 0 aromatic rings. The van der Waals surface area contributed by atoms with Crippen molar-refractivity contribution < 1.29 is 4.74 Å². The molecule has 1 N–H and O–H groups in total. The van der Waals surface area contributed by atoms with Crippen LogP contribution in [0.15, 0.2) is 0 Å². The fourth-order valence-electron chi connectivity index (χ4n) is 2.26. The molecule has 3 nitrogen and oxygen atoms in total. The summed E-state index contributed by atoms with van der Waals surface area (Å²) in [6.45, 7) is 6.58. The molecule has 1 fully saturated rings. The van der Waals surface area contributed by atoms with E-state index in [2.05, 4.69) is 31.1 Å². The summed E-state index contributed by atoms with van der Waals surface area (Å²) >= 11 is 0. The van der Waals surface area contributed by atoms with Crippen molar-refractivity contribution in [3.05, 3.63) is 0 Å². The van der Waals surface area contributed by atoms with Gasteiger partial charge in [-0.05, 0) is 53.6 Å². The molecule has 1 saturated heterocycles. The van der Waals surface area contributed by atoms with Gasteiger partial charge >= 0.3 is 0 Å². The molecular weight excluding hydrogens is 200 g/mol. The van der Waals surface area contributed by atoms with Gasteiger partial charge in [-0.1, -0.05) is 0 Å². The summed E-state index contributed by atoms with van der Waals surface area (Å²) in [5.74, 6) is 0. The summed E-state index contributed by atoms with van der Waals surface area (Å²) < 4.78 is 5.77. The fraction of sp³-hybridized carbons (Fsp3) is 1.00. The van der Waals surface area contributed by atoms with Crippen LogP contribution in [0.25, 0.3) is 0 Å². The smallest absolute Gasteiger partial charge is 0.0702 e. The van der Waals surface area contributed by atoms with Crippen molar-refractivity contribution in [3.63, 3.8) is 0 Å². The van der Waals surface area contributed by atoms with Crippen molar-refractivity contribution in [2.75, 3.05) is 27.2 Å². The Morgan fingerprint density at radius 1 is 1.38 bits per heavy atom. The highest BCUT2D eigenvalue weighted by Gasteiger charge is 2.19. The van der Waals surface area contributed by atoms with E-state index >= 15 is 0 Å². The Balaban J connectivity index is 2.24. The number of hydrogen-bond donors (Lipinski definition) is 1. The van der Waals surface area contributed by atoms with Gasteiger partial charge in [-0.25, -0.2) is 0 Å². The normalized spacial score (nSPS) is 25.7. The van der Waals surface area contributed by atoms with Gasteiger partial charge in [0, 0.05) is 25.2 Å². The molecule has 0 aliphatic carbocycles. The highest BCUT2D eigenvalue weighted by Crippen LogP contribution is 2.15. The Kier molecular flexibility index (Phi) is 6.32. The SMILES string of the molecule is CNC(C)CC(C)N(C)CC1CCCCO1. The van der Waals surface area contributed by atoms with Crippen molar-refractivity contribution >= 4 is 0 Å². The van der Waals surface area contributed by atoms with E-state index in [-0.39, 0.29) is 0 Å². The van der Waals surface area contributed by atoms with Crippen molar-refractivity contribution in [1.82, 2.24) is 10.2 Å². The average Bonchev–Trinajstić information content (AvgIpc) is 2.30. The lowest BCUT2D eigenvalue weighted by molar-refractivity contribution is -0.00794. The van der Waals surface area contributed by atoms with Crippen molar-refractivity contribution in [3.8, 4) is 0 Å². The van der Waals surface area contributed by atoms with E-state index in [4.69, 9.17) is 4.74 Å². The first-order chi connectivity index (χ1) is 7.63. The maximum Gasteiger partial charge on any atom is 0.0702 e. The molecule has 0 aromatic heterocycles. The molecule has 16 heavy (non-hydrogen) atoms. The monoisotopic (exact) mass is 228 g/mol. The Morgan fingerprint density at radius 3 is 2.69 bits per heavy atom. The van der Waals surface area contributed by atoms with E-state index in [0.717, 1.165) is 13.2 Å². The summed E-state index contributed by atoms with van der Waals surface area (Å²) in [6.07, 6.45) is 5.47. The van der Waals surface area contributed by atoms with Crippen LogP contribution in [0.4, 0.5) is 0 Å². The Morgan fingerprint density at radius 2 is 2.12 bits per heavy atom. The Bertz CT molecular complexity index is 181. The van der Waals surface area contributed by atoms with Crippen molar-refractivity contribution in [1.29, 1.82) is 0 Å². The fourth-order valence-corrected chi connectivity index (χ4v) is 2.26. The molecule has 96 valence electrons. The van der Waals surface area contributed by atoms with Gasteiger partial charge in [-0.3, -0.25) is 0 Å². The first-order valence-electron chi connectivity index (χ1n) is 6.62. The van der Waals surface area contributed by atoms with E-state index in [9.17, 15) is 0 Å². The molecule has 0 saturated carbocycles. The summed E-state index contributed by atoms with van der Waals surface area (Å²) in [5.41, 5.74) is 0. The van der Waals surface area contributed by atoms with Crippen molar-refractivity contribution in [2.45, 2.75) is 57.7 Å². The summed E-state index contributed by atoms with van der Waals surface area (Å²) in [5, 5.41) is 3.30. The molecule has 0 aromatic carbocycles. The zero-order valence-corrected chi connectivity index (χ0v) is 11.3. The summed E-state index contributed by atoms with van der Waals surface area (Å²) in [4.78, 5) is 2.43. The Hall–Kier alpha value is -0.120. The molecule has 0 bridgehead atoms. The van der Waals surface area contributed by atoms with Gasteiger partial charge in [-0.15, -0.1) is 0 Å². The highest BCUT2D eigenvalue weighted by atomic mass is 16.5. The zero-order valence-electron chi connectivity index (χ0n) is 11.3. The Labute approximate surface area is 101 Å².